The van der Waals surface area contributed by atoms with Crippen molar-refractivity contribution < 1.29 is 13.2 Å². The minimum Gasteiger partial charge on any atom is -0.350 e. The van der Waals surface area contributed by atoms with Crippen molar-refractivity contribution in [3.05, 3.63) is 64.7 Å². The Hall–Kier alpha value is -2.38. The van der Waals surface area contributed by atoms with Gasteiger partial charge in [-0.1, -0.05) is 30.3 Å². The van der Waals surface area contributed by atoms with E-state index >= 15 is 0 Å². The summed E-state index contributed by atoms with van der Waals surface area (Å²) in [5.74, 6) is -0.324. The molecule has 0 aliphatic carbocycles. The number of sulfonamides is 1. The summed E-state index contributed by atoms with van der Waals surface area (Å²) in [6.07, 6.45) is 3.60. The molecule has 0 atom stereocenters. The van der Waals surface area contributed by atoms with Gasteiger partial charge in [0.2, 0.25) is 15.9 Å². The second-order valence-electron chi connectivity index (χ2n) is 8.14. The molecule has 30 heavy (non-hydrogen) atoms. The van der Waals surface area contributed by atoms with Gasteiger partial charge in [-0.2, -0.15) is 0 Å². The summed E-state index contributed by atoms with van der Waals surface area (Å²) in [6.45, 7) is 7.07. The maximum absolute atomic E-state index is 12.6. The molecule has 3 rings (SSSR count). The number of carbonyl (C=O) groups excluding carboxylic acids is 1. The van der Waals surface area contributed by atoms with E-state index in [1.165, 1.54) is 22.7 Å². The molecule has 2 aromatic rings. The van der Waals surface area contributed by atoms with Crippen molar-refractivity contribution >= 4 is 21.6 Å². The van der Waals surface area contributed by atoms with E-state index in [9.17, 15) is 13.2 Å². The van der Waals surface area contributed by atoms with Crippen molar-refractivity contribution in [2.75, 3.05) is 30.2 Å². The van der Waals surface area contributed by atoms with E-state index in [0.29, 0.717) is 12.2 Å². The first-order valence-electron chi connectivity index (χ1n) is 10.3. The monoisotopic (exact) mass is 429 g/mol. The average molecular weight is 430 g/mol. The van der Waals surface area contributed by atoms with Crippen LogP contribution >= 0.6 is 0 Å². The summed E-state index contributed by atoms with van der Waals surface area (Å²) in [5, 5.41) is 2.90. The highest BCUT2D eigenvalue weighted by Crippen LogP contribution is 2.21. The summed E-state index contributed by atoms with van der Waals surface area (Å²) in [4.78, 5) is 15.1. The van der Waals surface area contributed by atoms with Crippen LogP contribution in [0.5, 0.6) is 0 Å². The number of hydrogen-bond donors (Lipinski definition) is 1. The van der Waals surface area contributed by atoms with E-state index < -0.39 is 10.0 Å². The molecule has 6 nitrogen and oxygen atoms in total. The van der Waals surface area contributed by atoms with E-state index in [1.54, 1.807) is 12.1 Å². The molecule has 1 aliphatic heterocycles. The zero-order valence-electron chi connectivity index (χ0n) is 18.0. The maximum atomic E-state index is 12.6. The maximum Gasteiger partial charge on any atom is 0.241 e. The summed E-state index contributed by atoms with van der Waals surface area (Å²) >= 11 is 0. The average Bonchev–Trinajstić information content (AvgIpc) is 3.17. The quantitative estimate of drug-likeness (QED) is 0.700. The van der Waals surface area contributed by atoms with E-state index in [1.807, 2.05) is 38.1 Å². The number of benzene rings is 2. The fourth-order valence-electron chi connectivity index (χ4n) is 3.94. The fraction of sp³-hybridized carbons (Fsp3) is 0.435. The van der Waals surface area contributed by atoms with Crippen molar-refractivity contribution in [2.24, 2.45) is 0 Å². The van der Waals surface area contributed by atoms with E-state index in [-0.39, 0.29) is 12.5 Å². The van der Waals surface area contributed by atoms with E-state index in [2.05, 4.69) is 16.3 Å². The lowest BCUT2D eigenvalue weighted by Crippen LogP contribution is -2.40. The SMILES string of the molecule is Cc1cc(C)cc(N(CC(=O)NCc2ccccc2CN2CCCC2)S(C)(=O)=O)c1. The Balaban J connectivity index is 1.68. The van der Waals surface area contributed by atoms with Crippen LogP contribution in [0, 0.1) is 13.8 Å². The van der Waals surface area contributed by atoms with Gasteiger partial charge in [0.25, 0.3) is 0 Å². The molecule has 0 aromatic heterocycles. The topological polar surface area (TPSA) is 69.7 Å². The molecule has 1 aliphatic rings. The zero-order valence-corrected chi connectivity index (χ0v) is 18.8. The third-order valence-corrected chi connectivity index (χ3v) is 6.51. The van der Waals surface area contributed by atoms with Crippen LogP contribution in [0.3, 0.4) is 0 Å². The Bertz CT molecular complexity index is 978. The molecule has 1 fully saturated rings. The van der Waals surface area contributed by atoms with Crippen molar-refractivity contribution in [3.63, 3.8) is 0 Å². The second kappa shape index (κ2) is 9.62. The predicted octanol–water partition coefficient (Wildman–Crippen LogP) is 2.98. The highest BCUT2D eigenvalue weighted by atomic mass is 32.2. The molecule has 1 amide bonds. The van der Waals surface area contributed by atoms with Gasteiger partial charge >= 0.3 is 0 Å². The van der Waals surface area contributed by atoms with Crippen LogP contribution in [0.25, 0.3) is 0 Å². The lowest BCUT2D eigenvalue weighted by atomic mass is 10.1. The number of carbonyl (C=O) groups is 1. The highest BCUT2D eigenvalue weighted by Gasteiger charge is 2.21. The minimum atomic E-state index is -3.59. The lowest BCUT2D eigenvalue weighted by Gasteiger charge is -2.23. The van der Waals surface area contributed by atoms with Crippen LogP contribution in [0.4, 0.5) is 5.69 Å². The number of nitrogens with one attached hydrogen (secondary N) is 1. The Morgan fingerprint density at radius 1 is 1.03 bits per heavy atom. The van der Waals surface area contributed by atoms with Gasteiger partial charge in [-0.3, -0.25) is 14.0 Å². The van der Waals surface area contributed by atoms with Gasteiger partial charge in [-0.15, -0.1) is 0 Å². The molecule has 7 heteroatoms. The van der Waals surface area contributed by atoms with Crippen LogP contribution < -0.4 is 9.62 Å². The molecule has 162 valence electrons. The van der Waals surface area contributed by atoms with Gasteiger partial charge < -0.3 is 5.32 Å². The van der Waals surface area contributed by atoms with Crippen LogP contribution in [0.1, 0.15) is 35.1 Å². The largest absolute Gasteiger partial charge is 0.350 e. The van der Waals surface area contributed by atoms with Gasteiger partial charge in [0, 0.05) is 13.1 Å². The van der Waals surface area contributed by atoms with Gasteiger partial charge in [0.15, 0.2) is 0 Å². The van der Waals surface area contributed by atoms with Gasteiger partial charge in [-0.05, 0) is 74.2 Å². The molecule has 2 aromatic carbocycles. The Kier molecular flexibility index (Phi) is 7.15. The van der Waals surface area contributed by atoms with Crippen LogP contribution in [0.2, 0.25) is 0 Å². The molecule has 1 N–H and O–H groups in total. The number of amides is 1. The number of rotatable bonds is 8. The Morgan fingerprint density at radius 3 is 2.23 bits per heavy atom. The summed E-state index contributed by atoms with van der Waals surface area (Å²) in [6, 6.07) is 13.6. The zero-order chi connectivity index (χ0) is 21.7. The second-order valence-corrected chi connectivity index (χ2v) is 10.1. The smallest absolute Gasteiger partial charge is 0.241 e. The molecule has 1 saturated heterocycles. The first-order chi connectivity index (χ1) is 14.2. The molecule has 0 bridgehead atoms. The van der Waals surface area contributed by atoms with Crippen LogP contribution in [-0.2, 0) is 27.9 Å². The van der Waals surface area contributed by atoms with Crippen molar-refractivity contribution in [3.8, 4) is 0 Å². The minimum absolute atomic E-state index is 0.240. The number of nitrogens with zero attached hydrogens (tertiary/aromatic N) is 2. The number of aryl methyl sites for hydroxylation is 2. The van der Waals surface area contributed by atoms with Gasteiger partial charge in [-0.25, -0.2) is 8.42 Å². The molecule has 1 heterocycles. The Labute approximate surface area is 179 Å². The van der Waals surface area contributed by atoms with Crippen molar-refractivity contribution in [2.45, 2.75) is 39.8 Å². The van der Waals surface area contributed by atoms with Crippen LogP contribution in [0.15, 0.2) is 42.5 Å². The normalized spacial score (nSPS) is 14.6. The third-order valence-electron chi connectivity index (χ3n) is 5.37. The molecular weight excluding hydrogens is 398 g/mol. The molecular formula is C23H31N3O3S. The van der Waals surface area contributed by atoms with E-state index in [4.69, 9.17) is 0 Å². The van der Waals surface area contributed by atoms with Gasteiger partial charge in [0.1, 0.15) is 6.54 Å². The predicted molar refractivity (Wildman–Crippen MR) is 121 cm³/mol. The summed E-state index contributed by atoms with van der Waals surface area (Å²) < 4.78 is 25.9. The third kappa shape index (κ3) is 6.06. The highest BCUT2D eigenvalue weighted by molar-refractivity contribution is 7.92. The fourth-order valence-corrected chi connectivity index (χ4v) is 4.78. The summed E-state index contributed by atoms with van der Waals surface area (Å²) in [5.41, 5.74) is 4.69. The first kappa shape index (κ1) is 22.3. The number of hydrogen-bond acceptors (Lipinski definition) is 4. The molecule has 0 saturated carbocycles. The lowest BCUT2D eigenvalue weighted by molar-refractivity contribution is -0.119. The summed E-state index contributed by atoms with van der Waals surface area (Å²) in [7, 11) is -3.59. The van der Waals surface area contributed by atoms with Crippen LogP contribution in [-0.4, -0.2) is 45.1 Å². The molecule has 0 spiro atoms. The van der Waals surface area contributed by atoms with Crippen molar-refractivity contribution in [1.29, 1.82) is 0 Å². The number of anilines is 1. The van der Waals surface area contributed by atoms with Crippen molar-refractivity contribution in [1.82, 2.24) is 10.2 Å². The number of likely N-dealkylation sites (tertiary alicyclic amines) is 1. The van der Waals surface area contributed by atoms with E-state index in [0.717, 1.165) is 42.6 Å². The first-order valence-corrected chi connectivity index (χ1v) is 12.2. The molecule has 0 unspecified atom stereocenters. The van der Waals surface area contributed by atoms with Gasteiger partial charge in [0.05, 0.1) is 11.9 Å². The molecule has 0 radical (unpaired) electrons. The standard InChI is InChI=1S/C23H31N3O3S/c1-18-12-19(2)14-22(13-18)26(30(3,28)29)17-23(27)24-15-20-8-4-5-9-21(20)16-25-10-6-7-11-25/h4-5,8-9,12-14H,6-7,10-11,15-17H2,1-3H3,(H,24,27). The Morgan fingerprint density at radius 2 is 1.63 bits per heavy atom.